The lowest BCUT2D eigenvalue weighted by Gasteiger charge is -2.20. The molecule has 1 saturated carbocycles. The molecule has 0 unspecified atom stereocenters. The normalized spacial score (nSPS) is 19.5. The first-order valence-corrected chi connectivity index (χ1v) is 8.53. The molecule has 1 N–H and O–H groups in total. The second-order valence-corrected chi connectivity index (χ2v) is 7.36. The molecule has 0 saturated heterocycles. The number of fused-ring (bicyclic) bond motifs is 1. The summed E-state index contributed by atoms with van der Waals surface area (Å²) in [6, 6.07) is 10.1. The number of rotatable bonds is 3. The topological polar surface area (TPSA) is 45.2 Å². The zero-order chi connectivity index (χ0) is 15.2. The first-order chi connectivity index (χ1) is 10.7. The summed E-state index contributed by atoms with van der Waals surface area (Å²) >= 11 is 1.62. The van der Waals surface area contributed by atoms with Crippen LogP contribution in [0.5, 0.6) is 0 Å². The summed E-state index contributed by atoms with van der Waals surface area (Å²) < 4.78 is 0. The Kier molecular flexibility index (Phi) is 3.27. The van der Waals surface area contributed by atoms with Crippen LogP contribution in [-0.4, -0.2) is 29.4 Å². The third-order valence-corrected chi connectivity index (χ3v) is 5.65. The number of anilines is 1. The fourth-order valence-corrected chi connectivity index (χ4v) is 4.21. The molecule has 1 aromatic carbocycles. The summed E-state index contributed by atoms with van der Waals surface area (Å²) in [7, 11) is 2.12. The lowest BCUT2D eigenvalue weighted by Crippen LogP contribution is -2.27. The number of aromatic nitrogens is 1. The first kappa shape index (κ1) is 13.9. The number of amides is 1. The van der Waals surface area contributed by atoms with Gasteiger partial charge in [0.1, 0.15) is 0 Å². The molecular formula is C17H19N3OS. The number of likely N-dealkylation sites (N-methyl/N-ethyl adjacent to an activating group) is 1. The van der Waals surface area contributed by atoms with Gasteiger partial charge in [-0.1, -0.05) is 30.3 Å². The van der Waals surface area contributed by atoms with E-state index in [-0.39, 0.29) is 11.3 Å². The molecular weight excluding hydrogens is 294 g/mol. The van der Waals surface area contributed by atoms with Crippen molar-refractivity contribution in [3.8, 4) is 0 Å². The van der Waals surface area contributed by atoms with Crippen LogP contribution in [0.2, 0.25) is 0 Å². The highest BCUT2D eigenvalue weighted by Crippen LogP contribution is 2.49. The molecule has 0 atom stereocenters. The van der Waals surface area contributed by atoms with E-state index in [0.29, 0.717) is 0 Å². The van der Waals surface area contributed by atoms with Gasteiger partial charge >= 0.3 is 0 Å². The third-order valence-electron chi connectivity index (χ3n) is 4.65. The molecule has 1 aliphatic carbocycles. The molecule has 0 spiro atoms. The van der Waals surface area contributed by atoms with Crippen molar-refractivity contribution in [3.05, 3.63) is 46.5 Å². The lowest BCUT2D eigenvalue weighted by molar-refractivity contribution is -0.118. The van der Waals surface area contributed by atoms with Crippen LogP contribution in [0.4, 0.5) is 5.13 Å². The van der Waals surface area contributed by atoms with Crippen LogP contribution < -0.4 is 5.32 Å². The number of benzene rings is 1. The van der Waals surface area contributed by atoms with Gasteiger partial charge in [0.05, 0.1) is 11.1 Å². The Morgan fingerprint density at radius 3 is 2.82 bits per heavy atom. The van der Waals surface area contributed by atoms with Gasteiger partial charge in [-0.15, -0.1) is 11.3 Å². The van der Waals surface area contributed by atoms with Crippen LogP contribution in [0.15, 0.2) is 30.3 Å². The van der Waals surface area contributed by atoms with Crippen molar-refractivity contribution < 1.29 is 4.79 Å². The van der Waals surface area contributed by atoms with Gasteiger partial charge in [-0.2, -0.15) is 0 Å². The Balaban J connectivity index is 1.53. The van der Waals surface area contributed by atoms with Crippen LogP contribution in [0.3, 0.4) is 0 Å². The van der Waals surface area contributed by atoms with Crippen LogP contribution >= 0.6 is 11.3 Å². The van der Waals surface area contributed by atoms with Gasteiger partial charge in [0.15, 0.2) is 5.13 Å². The third kappa shape index (κ3) is 2.34. The zero-order valence-corrected chi connectivity index (χ0v) is 13.4. The van der Waals surface area contributed by atoms with Gasteiger partial charge in [0.2, 0.25) is 5.91 Å². The van der Waals surface area contributed by atoms with Crippen LogP contribution in [-0.2, 0) is 23.2 Å². The smallest absolute Gasteiger partial charge is 0.236 e. The van der Waals surface area contributed by atoms with Crippen molar-refractivity contribution in [1.29, 1.82) is 0 Å². The SMILES string of the molecule is CN1CCc2nc(NC(=O)C3(c4ccccc4)CC3)sc2C1. The molecule has 1 fully saturated rings. The highest BCUT2D eigenvalue weighted by Gasteiger charge is 2.51. The van der Waals surface area contributed by atoms with E-state index in [4.69, 9.17) is 0 Å². The van der Waals surface area contributed by atoms with Crippen molar-refractivity contribution in [2.24, 2.45) is 0 Å². The van der Waals surface area contributed by atoms with Gasteiger partial charge in [0, 0.05) is 24.4 Å². The number of thiazole rings is 1. The van der Waals surface area contributed by atoms with Gasteiger partial charge in [-0.3, -0.25) is 4.79 Å². The van der Waals surface area contributed by atoms with Crippen molar-refractivity contribution in [1.82, 2.24) is 9.88 Å². The van der Waals surface area contributed by atoms with E-state index in [9.17, 15) is 4.79 Å². The second-order valence-electron chi connectivity index (χ2n) is 6.28. The Hall–Kier alpha value is -1.72. The summed E-state index contributed by atoms with van der Waals surface area (Å²) in [6.45, 7) is 1.98. The Labute approximate surface area is 134 Å². The molecule has 114 valence electrons. The Morgan fingerprint density at radius 2 is 2.09 bits per heavy atom. The minimum Gasteiger partial charge on any atom is -0.301 e. The fourth-order valence-electron chi connectivity index (χ4n) is 3.12. The molecule has 2 heterocycles. The average molecular weight is 313 g/mol. The van der Waals surface area contributed by atoms with Crippen molar-refractivity contribution in [2.45, 2.75) is 31.2 Å². The number of hydrogen-bond acceptors (Lipinski definition) is 4. The largest absolute Gasteiger partial charge is 0.301 e. The Bertz CT molecular complexity index is 706. The molecule has 0 bridgehead atoms. The molecule has 4 rings (SSSR count). The van der Waals surface area contributed by atoms with Crippen LogP contribution in [0.1, 0.15) is 29.0 Å². The predicted octanol–water partition coefficient (Wildman–Crippen LogP) is 2.80. The molecule has 1 aromatic heterocycles. The van der Waals surface area contributed by atoms with Gasteiger partial charge in [-0.05, 0) is 25.5 Å². The first-order valence-electron chi connectivity index (χ1n) is 7.71. The monoisotopic (exact) mass is 313 g/mol. The molecule has 5 heteroatoms. The Morgan fingerprint density at radius 1 is 1.32 bits per heavy atom. The van der Waals surface area contributed by atoms with E-state index >= 15 is 0 Å². The summed E-state index contributed by atoms with van der Waals surface area (Å²) in [5, 5.41) is 3.82. The zero-order valence-electron chi connectivity index (χ0n) is 12.6. The molecule has 2 aliphatic rings. The summed E-state index contributed by atoms with van der Waals surface area (Å²) in [5.41, 5.74) is 1.95. The molecule has 22 heavy (non-hydrogen) atoms. The molecule has 1 amide bonds. The van der Waals surface area contributed by atoms with Crippen molar-refractivity contribution in [2.75, 3.05) is 18.9 Å². The number of carbonyl (C=O) groups is 1. The van der Waals surface area contributed by atoms with E-state index in [0.717, 1.165) is 48.7 Å². The van der Waals surface area contributed by atoms with E-state index in [1.54, 1.807) is 11.3 Å². The van der Waals surface area contributed by atoms with Gasteiger partial charge < -0.3 is 10.2 Å². The molecule has 4 nitrogen and oxygen atoms in total. The van der Waals surface area contributed by atoms with Crippen molar-refractivity contribution in [3.63, 3.8) is 0 Å². The summed E-state index contributed by atoms with van der Waals surface area (Å²) in [6.07, 6.45) is 2.83. The van der Waals surface area contributed by atoms with E-state index < -0.39 is 0 Å². The number of nitrogens with zero attached hydrogens (tertiary/aromatic N) is 2. The van der Waals surface area contributed by atoms with Crippen molar-refractivity contribution >= 4 is 22.4 Å². The molecule has 2 aromatic rings. The van der Waals surface area contributed by atoms with E-state index in [1.165, 1.54) is 4.88 Å². The highest BCUT2D eigenvalue weighted by atomic mass is 32.1. The molecule has 1 aliphatic heterocycles. The number of nitrogens with one attached hydrogen (secondary N) is 1. The summed E-state index contributed by atoms with van der Waals surface area (Å²) in [5.74, 6) is 0.0955. The van der Waals surface area contributed by atoms with Crippen LogP contribution in [0, 0.1) is 0 Å². The quantitative estimate of drug-likeness (QED) is 0.948. The van der Waals surface area contributed by atoms with Gasteiger partial charge in [0.25, 0.3) is 0 Å². The number of hydrogen-bond donors (Lipinski definition) is 1. The summed E-state index contributed by atoms with van der Waals surface area (Å²) in [4.78, 5) is 20.9. The second kappa shape index (κ2) is 5.18. The predicted molar refractivity (Wildman–Crippen MR) is 88.1 cm³/mol. The highest BCUT2D eigenvalue weighted by molar-refractivity contribution is 7.15. The van der Waals surface area contributed by atoms with E-state index in [1.807, 2.05) is 18.2 Å². The average Bonchev–Trinajstić information content (AvgIpc) is 3.25. The van der Waals surface area contributed by atoms with E-state index in [2.05, 4.69) is 34.4 Å². The lowest BCUT2D eigenvalue weighted by atomic mass is 9.95. The maximum absolute atomic E-state index is 12.7. The number of carbonyl (C=O) groups excluding carboxylic acids is 1. The van der Waals surface area contributed by atoms with Crippen LogP contribution in [0.25, 0.3) is 0 Å². The fraction of sp³-hybridized carbons (Fsp3) is 0.412. The standard InChI is InChI=1S/C17H19N3OS/c1-20-10-7-13-14(11-20)22-16(18-13)19-15(21)17(8-9-17)12-5-3-2-4-6-12/h2-6H,7-11H2,1H3,(H,18,19,21). The maximum atomic E-state index is 12.7. The minimum absolute atomic E-state index is 0.0955. The maximum Gasteiger partial charge on any atom is 0.236 e. The minimum atomic E-state index is -0.329. The molecule has 0 radical (unpaired) electrons. The van der Waals surface area contributed by atoms with Gasteiger partial charge in [-0.25, -0.2) is 4.98 Å².